The number of ether oxygens (including phenoxy) is 2. The van der Waals surface area contributed by atoms with E-state index < -0.39 is 17.7 Å². The zero-order chi connectivity index (χ0) is 21.0. The van der Waals surface area contributed by atoms with Crippen LogP contribution in [-0.4, -0.2) is 48.6 Å². The molecule has 1 fully saturated rings. The molecule has 2 aromatic carbocycles. The van der Waals surface area contributed by atoms with Crippen molar-refractivity contribution in [2.45, 2.75) is 19.9 Å². The third-order valence-electron chi connectivity index (χ3n) is 4.89. The first-order chi connectivity index (χ1) is 14.0. The van der Waals surface area contributed by atoms with Crippen molar-refractivity contribution in [1.82, 2.24) is 4.90 Å². The van der Waals surface area contributed by atoms with Crippen molar-refractivity contribution in [2.24, 2.45) is 0 Å². The van der Waals surface area contributed by atoms with E-state index in [0.717, 1.165) is 11.1 Å². The van der Waals surface area contributed by atoms with E-state index in [1.54, 1.807) is 24.3 Å². The van der Waals surface area contributed by atoms with Crippen molar-refractivity contribution in [3.05, 3.63) is 70.8 Å². The Morgan fingerprint density at radius 1 is 1.14 bits per heavy atom. The van der Waals surface area contributed by atoms with Crippen LogP contribution in [0.2, 0.25) is 0 Å². The smallest absolute Gasteiger partial charge is 0.295 e. The number of ketones is 1. The number of benzene rings is 2. The second-order valence-electron chi connectivity index (χ2n) is 6.86. The van der Waals surface area contributed by atoms with E-state index in [9.17, 15) is 14.7 Å². The molecule has 1 N–H and O–H groups in total. The van der Waals surface area contributed by atoms with Crippen LogP contribution in [0.5, 0.6) is 5.75 Å². The van der Waals surface area contributed by atoms with Crippen LogP contribution in [0.15, 0.2) is 54.1 Å². The molecule has 6 nitrogen and oxygen atoms in total. The first kappa shape index (κ1) is 20.6. The molecular formula is C23H25NO5. The van der Waals surface area contributed by atoms with Gasteiger partial charge in [-0.3, -0.25) is 9.59 Å². The van der Waals surface area contributed by atoms with E-state index in [0.29, 0.717) is 17.9 Å². The molecule has 3 rings (SSSR count). The number of methoxy groups -OCH3 is 1. The van der Waals surface area contributed by atoms with E-state index in [1.165, 1.54) is 12.0 Å². The van der Waals surface area contributed by atoms with Crippen molar-refractivity contribution in [3.8, 4) is 5.75 Å². The van der Waals surface area contributed by atoms with Crippen molar-refractivity contribution in [2.75, 3.05) is 26.9 Å². The number of carbonyl (C=O) groups is 2. The molecule has 1 atom stereocenters. The molecule has 2 aromatic rings. The summed E-state index contributed by atoms with van der Waals surface area (Å²) in [4.78, 5) is 27.1. The molecule has 29 heavy (non-hydrogen) atoms. The molecule has 1 aliphatic heterocycles. The number of rotatable bonds is 7. The van der Waals surface area contributed by atoms with Gasteiger partial charge in [-0.1, -0.05) is 42.0 Å². The van der Waals surface area contributed by atoms with Gasteiger partial charge in [-0.25, -0.2) is 0 Å². The summed E-state index contributed by atoms with van der Waals surface area (Å²) in [5.41, 5.74) is 2.32. The zero-order valence-electron chi connectivity index (χ0n) is 16.8. The van der Waals surface area contributed by atoms with E-state index >= 15 is 0 Å². The van der Waals surface area contributed by atoms with Gasteiger partial charge in [-0.05, 0) is 31.5 Å². The predicted octanol–water partition coefficient (Wildman–Crippen LogP) is 3.46. The molecular weight excluding hydrogens is 370 g/mol. The van der Waals surface area contributed by atoms with Gasteiger partial charge in [0.25, 0.3) is 11.7 Å². The van der Waals surface area contributed by atoms with Gasteiger partial charge in [0.1, 0.15) is 11.5 Å². The Morgan fingerprint density at radius 3 is 2.52 bits per heavy atom. The van der Waals surface area contributed by atoms with Gasteiger partial charge in [-0.2, -0.15) is 0 Å². The summed E-state index contributed by atoms with van der Waals surface area (Å²) < 4.78 is 10.6. The molecule has 0 bridgehead atoms. The maximum absolute atomic E-state index is 12.9. The highest BCUT2D eigenvalue weighted by molar-refractivity contribution is 6.46. The van der Waals surface area contributed by atoms with Crippen LogP contribution in [0.4, 0.5) is 0 Å². The summed E-state index contributed by atoms with van der Waals surface area (Å²) in [7, 11) is 1.54. The van der Waals surface area contributed by atoms with E-state index in [2.05, 4.69) is 0 Å². The minimum Gasteiger partial charge on any atom is -0.507 e. The lowest BCUT2D eigenvalue weighted by atomic mass is 9.94. The second-order valence-corrected chi connectivity index (χ2v) is 6.86. The molecule has 0 aliphatic carbocycles. The van der Waals surface area contributed by atoms with Crippen molar-refractivity contribution < 1.29 is 24.2 Å². The van der Waals surface area contributed by atoms with Crippen LogP contribution in [0, 0.1) is 6.92 Å². The highest BCUT2D eigenvalue weighted by Crippen LogP contribution is 2.39. The van der Waals surface area contributed by atoms with Gasteiger partial charge in [0.05, 0.1) is 24.8 Å². The lowest BCUT2D eigenvalue weighted by Gasteiger charge is -2.25. The Morgan fingerprint density at radius 2 is 1.86 bits per heavy atom. The maximum Gasteiger partial charge on any atom is 0.295 e. The zero-order valence-corrected chi connectivity index (χ0v) is 16.8. The van der Waals surface area contributed by atoms with Crippen molar-refractivity contribution in [3.63, 3.8) is 0 Å². The molecule has 0 saturated carbocycles. The third-order valence-corrected chi connectivity index (χ3v) is 4.89. The molecule has 0 aromatic heterocycles. The summed E-state index contributed by atoms with van der Waals surface area (Å²) in [6, 6.07) is 13.8. The topological polar surface area (TPSA) is 76.1 Å². The second kappa shape index (κ2) is 8.92. The molecule has 0 radical (unpaired) electrons. The molecule has 1 amide bonds. The highest BCUT2D eigenvalue weighted by Gasteiger charge is 2.45. The maximum atomic E-state index is 12.9. The Balaban J connectivity index is 2.13. The molecule has 1 aliphatic rings. The third kappa shape index (κ3) is 4.17. The fraction of sp³-hybridized carbons (Fsp3) is 0.304. The van der Waals surface area contributed by atoms with Gasteiger partial charge in [0, 0.05) is 19.2 Å². The SMILES string of the molecule is CCOc1cccc(C(O)=C2C(=O)C(=O)N(CCOC)C2c2ccc(C)cc2)c1. The Hall–Kier alpha value is -3.12. The molecule has 152 valence electrons. The number of amides is 1. The lowest BCUT2D eigenvalue weighted by Crippen LogP contribution is -2.32. The summed E-state index contributed by atoms with van der Waals surface area (Å²) in [6.07, 6.45) is 0. The normalized spacial score (nSPS) is 18.3. The first-order valence-corrected chi connectivity index (χ1v) is 9.55. The van der Waals surface area contributed by atoms with Gasteiger partial charge in [0.2, 0.25) is 0 Å². The molecule has 1 saturated heterocycles. The number of nitrogens with zero attached hydrogens (tertiary/aromatic N) is 1. The van der Waals surface area contributed by atoms with Gasteiger partial charge < -0.3 is 19.5 Å². The first-order valence-electron chi connectivity index (χ1n) is 9.55. The number of aryl methyl sites for hydroxylation is 1. The van der Waals surface area contributed by atoms with Crippen LogP contribution < -0.4 is 4.74 Å². The molecule has 1 unspecified atom stereocenters. The van der Waals surface area contributed by atoms with Crippen LogP contribution in [-0.2, 0) is 14.3 Å². The van der Waals surface area contributed by atoms with Gasteiger partial charge in [-0.15, -0.1) is 0 Å². The predicted molar refractivity (Wildman–Crippen MR) is 110 cm³/mol. The number of aliphatic hydroxyl groups is 1. The number of Topliss-reactive ketones (excluding diaryl/α,β-unsaturated/α-hetero) is 1. The minimum atomic E-state index is -0.703. The number of carbonyl (C=O) groups excluding carboxylic acids is 2. The number of hydrogen-bond donors (Lipinski definition) is 1. The minimum absolute atomic E-state index is 0.0728. The molecule has 0 spiro atoms. The standard InChI is InChI=1S/C23H25NO5/c1-4-29-18-7-5-6-17(14-18)21(25)19-20(16-10-8-15(2)9-11-16)24(12-13-28-3)23(27)22(19)26/h5-11,14,20,25H,4,12-13H2,1-3H3. The van der Waals surface area contributed by atoms with Gasteiger partial charge in [0.15, 0.2) is 0 Å². The fourth-order valence-electron chi connectivity index (χ4n) is 3.45. The average molecular weight is 395 g/mol. The summed E-state index contributed by atoms with van der Waals surface area (Å²) >= 11 is 0. The highest BCUT2D eigenvalue weighted by atomic mass is 16.5. The molecule has 1 heterocycles. The average Bonchev–Trinajstić information content (AvgIpc) is 2.97. The Bertz CT molecular complexity index is 933. The van der Waals surface area contributed by atoms with Gasteiger partial charge >= 0.3 is 0 Å². The van der Waals surface area contributed by atoms with Crippen molar-refractivity contribution in [1.29, 1.82) is 0 Å². The van der Waals surface area contributed by atoms with E-state index in [-0.39, 0.29) is 24.5 Å². The Labute approximate surface area is 170 Å². The van der Waals surface area contributed by atoms with E-state index in [4.69, 9.17) is 9.47 Å². The van der Waals surface area contributed by atoms with E-state index in [1.807, 2.05) is 38.1 Å². The fourth-order valence-corrected chi connectivity index (χ4v) is 3.45. The monoisotopic (exact) mass is 395 g/mol. The summed E-state index contributed by atoms with van der Waals surface area (Å²) in [5.74, 6) is -0.978. The van der Waals surface area contributed by atoms with Crippen LogP contribution >= 0.6 is 0 Å². The summed E-state index contributed by atoms with van der Waals surface area (Å²) in [6.45, 7) is 4.84. The van der Waals surface area contributed by atoms with Crippen molar-refractivity contribution >= 4 is 17.4 Å². The number of aliphatic hydroxyl groups excluding tert-OH is 1. The quantitative estimate of drug-likeness (QED) is 0.441. The number of likely N-dealkylation sites (tertiary alicyclic amines) is 1. The number of hydrogen-bond acceptors (Lipinski definition) is 5. The van der Waals surface area contributed by atoms with Crippen LogP contribution in [0.1, 0.15) is 29.7 Å². The summed E-state index contributed by atoms with van der Waals surface area (Å²) in [5, 5.41) is 11.0. The van der Waals surface area contributed by atoms with Crippen LogP contribution in [0.25, 0.3) is 5.76 Å². The van der Waals surface area contributed by atoms with Crippen LogP contribution in [0.3, 0.4) is 0 Å². The lowest BCUT2D eigenvalue weighted by molar-refractivity contribution is -0.140. The largest absolute Gasteiger partial charge is 0.507 e. The Kier molecular flexibility index (Phi) is 6.34. The molecule has 6 heteroatoms.